The second kappa shape index (κ2) is 5.97. The fourth-order valence-electron chi connectivity index (χ4n) is 2.83. The summed E-state index contributed by atoms with van der Waals surface area (Å²) < 4.78 is 9.97. The van der Waals surface area contributed by atoms with Crippen molar-refractivity contribution < 1.29 is 23.9 Å². The van der Waals surface area contributed by atoms with Gasteiger partial charge < -0.3 is 14.4 Å². The molecule has 0 amide bonds. The van der Waals surface area contributed by atoms with E-state index < -0.39 is 23.1 Å². The predicted octanol–water partition coefficient (Wildman–Crippen LogP) is 0.560. The Kier molecular flexibility index (Phi) is 4.46. The lowest BCUT2D eigenvalue weighted by Crippen LogP contribution is -2.46. The minimum Gasteiger partial charge on any atom is -0.468 e. The largest absolute Gasteiger partial charge is 0.468 e. The molecule has 21 heavy (non-hydrogen) atoms. The highest BCUT2D eigenvalue weighted by Crippen LogP contribution is 2.39. The standard InChI is InChI=1S/C15H21NO5/c1-15(2)8-11(17)10(9-16-4-6-21-7-5-16)13(18)12(15)14(19)20-3/h9,12H,4-8H2,1-3H3/b10-9+. The number of rotatable bonds is 2. The molecule has 2 fully saturated rings. The molecule has 2 rings (SSSR count). The number of methoxy groups -OCH3 is 1. The maximum Gasteiger partial charge on any atom is 0.317 e. The van der Waals surface area contributed by atoms with Crippen molar-refractivity contribution in [1.82, 2.24) is 4.90 Å². The van der Waals surface area contributed by atoms with Crippen LogP contribution in [0.5, 0.6) is 0 Å². The molecule has 2 aliphatic rings. The minimum absolute atomic E-state index is 0.103. The zero-order chi connectivity index (χ0) is 15.6. The molecule has 1 heterocycles. The molecule has 1 unspecified atom stereocenters. The smallest absolute Gasteiger partial charge is 0.317 e. The van der Waals surface area contributed by atoms with E-state index >= 15 is 0 Å². The number of esters is 1. The number of carbonyl (C=O) groups is 3. The van der Waals surface area contributed by atoms with Crippen molar-refractivity contribution in [3.8, 4) is 0 Å². The molecule has 6 heteroatoms. The molecule has 1 saturated heterocycles. The monoisotopic (exact) mass is 295 g/mol. The van der Waals surface area contributed by atoms with Crippen LogP contribution in [0.3, 0.4) is 0 Å². The van der Waals surface area contributed by atoms with Gasteiger partial charge in [-0.15, -0.1) is 0 Å². The Morgan fingerprint density at radius 1 is 1.33 bits per heavy atom. The third-order valence-corrected chi connectivity index (χ3v) is 4.02. The van der Waals surface area contributed by atoms with Crippen LogP contribution in [-0.2, 0) is 23.9 Å². The molecular formula is C15H21NO5. The van der Waals surface area contributed by atoms with E-state index in [0.717, 1.165) is 0 Å². The molecule has 0 radical (unpaired) electrons. The van der Waals surface area contributed by atoms with Crippen LogP contribution in [0.4, 0.5) is 0 Å². The van der Waals surface area contributed by atoms with Gasteiger partial charge in [0, 0.05) is 25.7 Å². The van der Waals surface area contributed by atoms with E-state index in [9.17, 15) is 14.4 Å². The van der Waals surface area contributed by atoms with Gasteiger partial charge >= 0.3 is 5.97 Å². The molecule has 116 valence electrons. The summed E-state index contributed by atoms with van der Waals surface area (Å²) >= 11 is 0. The number of allylic oxidation sites excluding steroid dienone is 1. The Balaban J connectivity index is 2.29. The average Bonchev–Trinajstić information content (AvgIpc) is 2.43. The molecule has 6 nitrogen and oxygen atoms in total. The summed E-state index contributed by atoms with van der Waals surface area (Å²) in [7, 11) is 1.26. The quantitative estimate of drug-likeness (QED) is 0.321. The first-order valence-corrected chi connectivity index (χ1v) is 7.05. The highest BCUT2D eigenvalue weighted by atomic mass is 16.5. The van der Waals surface area contributed by atoms with Crippen LogP contribution in [0, 0.1) is 11.3 Å². The number of ether oxygens (including phenoxy) is 2. The number of hydrogen-bond acceptors (Lipinski definition) is 6. The van der Waals surface area contributed by atoms with E-state index in [1.165, 1.54) is 7.11 Å². The third-order valence-electron chi connectivity index (χ3n) is 4.02. The Hall–Kier alpha value is -1.69. The van der Waals surface area contributed by atoms with E-state index in [4.69, 9.17) is 9.47 Å². The summed E-state index contributed by atoms with van der Waals surface area (Å²) in [4.78, 5) is 38.6. The SMILES string of the molecule is COC(=O)C1C(=O)/C(=C/N2CCOCC2)C(=O)CC1(C)C. The van der Waals surface area contributed by atoms with Crippen LogP contribution in [-0.4, -0.2) is 55.8 Å². The zero-order valence-corrected chi connectivity index (χ0v) is 12.7. The van der Waals surface area contributed by atoms with Crippen molar-refractivity contribution in [2.75, 3.05) is 33.4 Å². The van der Waals surface area contributed by atoms with Gasteiger partial charge in [-0.05, 0) is 5.41 Å². The van der Waals surface area contributed by atoms with Crippen LogP contribution < -0.4 is 0 Å². The normalized spacial score (nSPS) is 27.9. The third kappa shape index (κ3) is 3.15. The van der Waals surface area contributed by atoms with Gasteiger partial charge in [-0.25, -0.2) is 0 Å². The number of hydrogen-bond donors (Lipinski definition) is 0. The van der Waals surface area contributed by atoms with Crippen LogP contribution >= 0.6 is 0 Å². The van der Waals surface area contributed by atoms with Crippen LogP contribution in [0.25, 0.3) is 0 Å². The Labute approximate surface area is 124 Å². The van der Waals surface area contributed by atoms with E-state index in [2.05, 4.69) is 0 Å². The van der Waals surface area contributed by atoms with E-state index in [1.54, 1.807) is 20.0 Å². The lowest BCUT2D eigenvalue weighted by molar-refractivity contribution is -0.155. The average molecular weight is 295 g/mol. The maximum absolute atomic E-state index is 12.6. The number of morpholine rings is 1. The van der Waals surface area contributed by atoms with Gasteiger partial charge in [0.05, 0.1) is 25.9 Å². The van der Waals surface area contributed by atoms with E-state index in [0.29, 0.717) is 26.3 Å². The van der Waals surface area contributed by atoms with Gasteiger partial charge in [-0.2, -0.15) is 0 Å². The molecule has 0 aromatic rings. The lowest BCUT2D eigenvalue weighted by atomic mass is 9.66. The predicted molar refractivity (Wildman–Crippen MR) is 74.4 cm³/mol. The molecular weight excluding hydrogens is 274 g/mol. The first kappa shape index (κ1) is 15.7. The van der Waals surface area contributed by atoms with Gasteiger partial charge in [0.15, 0.2) is 11.6 Å². The highest BCUT2D eigenvalue weighted by Gasteiger charge is 2.49. The Bertz CT molecular complexity index is 488. The van der Waals surface area contributed by atoms with Crippen LogP contribution in [0.1, 0.15) is 20.3 Å². The molecule has 1 aliphatic heterocycles. The van der Waals surface area contributed by atoms with Gasteiger partial charge in [0.25, 0.3) is 0 Å². The van der Waals surface area contributed by atoms with Crippen molar-refractivity contribution in [3.05, 3.63) is 11.8 Å². The van der Waals surface area contributed by atoms with Crippen molar-refractivity contribution in [3.63, 3.8) is 0 Å². The number of nitrogens with zero attached hydrogens (tertiary/aromatic N) is 1. The fraction of sp³-hybridized carbons (Fsp3) is 0.667. The first-order chi connectivity index (χ1) is 9.86. The van der Waals surface area contributed by atoms with Crippen LogP contribution in [0.15, 0.2) is 11.8 Å². The van der Waals surface area contributed by atoms with Gasteiger partial charge in [0.1, 0.15) is 5.92 Å². The lowest BCUT2D eigenvalue weighted by Gasteiger charge is -2.36. The maximum atomic E-state index is 12.6. The van der Waals surface area contributed by atoms with Crippen molar-refractivity contribution in [2.45, 2.75) is 20.3 Å². The summed E-state index contributed by atoms with van der Waals surface area (Å²) in [5.41, 5.74) is -0.615. The van der Waals surface area contributed by atoms with Gasteiger partial charge in [-0.3, -0.25) is 14.4 Å². The molecule has 1 saturated carbocycles. The van der Waals surface area contributed by atoms with Gasteiger partial charge in [0.2, 0.25) is 0 Å². The first-order valence-electron chi connectivity index (χ1n) is 7.05. The van der Waals surface area contributed by atoms with Gasteiger partial charge in [-0.1, -0.05) is 13.8 Å². The summed E-state index contributed by atoms with van der Waals surface area (Å²) in [6.45, 7) is 5.90. The molecule has 0 aromatic carbocycles. The van der Waals surface area contributed by atoms with E-state index in [-0.39, 0.29) is 17.8 Å². The summed E-state index contributed by atoms with van der Waals surface area (Å²) in [5, 5.41) is 0. The van der Waals surface area contributed by atoms with Crippen molar-refractivity contribution in [1.29, 1.82) is 0 Å². The summed E-state index contributed by atoms with van der Waals surface area (Å²) in [6, 6.07) is 0. The molecule has 1 atom stereocenters. The van der Waals surface area contributed by atoms with Crippen molar-refractivity contribution in [2.24, 2.45) is 11.3 Å². The second-order valence-corrected chi connectivity index (χ2v) is 6.10. The molecule has 1 aliphatic carbocycles. The van der Waals surface area contributed by atoms with Crippen LogP contribution in [0.2, 0.25) is 0 Å². The Morgan fingerprint density at radius 3 is 2.52 bits per heavy atom. The zero-order valence-electron chi connectivity index (χ0n) is 12.7. The number of ketones is 2. The fourth-order valence-corrected chi connectivity index (χ4v) is 2.83. The highest BCUT2D eigenvalue weighted by molar-refractivity contribution is 6.27. The topological polar surface area (TPSA) is 72.9 Å². The number of Topliss-reactive ketones (excluding diaryl/α,β-unsaturated/α-hetero) is 2. The summed E-state index contributed by atoms with van der Waals surface area (Å²) in [6.07, 6.45) is 1.74. The van der Waals surface area contributed by atoms with E-state index in [1.807, 2.05) is 4.90 Å². The second-order valence-electron chi connectivity index (χ2n) is 6.10. The molecule has 0 bridgehead atoms. The molecule has 0 N–H and O–H groups in total. The molecule has 0 aromatic heterocycles. The summed E-state index contributed by atoms with van der Waals surface area (Å²) in [5.74, 6) is -2.15. The molecule has 0 spiro atoms. The number of carbonyl (C=O) groups excluding carboxylic acids is 3. The Morgan fingerprint density at radius 2 is 1.95 bits per heavy atom. The minimum atomic E-state index is -0.924. The van der Waals surface area contributed by atoms with Crippen molar-refractivity contribution >= 4 is 17.5 Å².